The monoisotopic (exact) mass is 294 g/mol. The largest absolute Gasteiger partial charge is 0.439 e. The first-order chi connectivity index (χ1) is 10.8. The Balaban J connectivity index is 1.51. The minimum absolute atomic E-state index is 0.581. The summed E-state index contributed by atoms with van der Waals surface area (Å²) in [6, 6.07) is 10.7. The zero-order valence-corrected chi connectivity index (χ0v) is 12.5. The molecule has 5 heteroatoms. The molecule has 0 bridgehead atoms. The van der Waals surface area contributed by atoms with Crippen molar-refractivity contribution in [2.24, 2.45) is 7.05 Å². The van der Waals surface area contributed by atoms with E-state index in [1.807, 2.05) is 31.4 Å². The van der Waals surface area contributed by atoms with E-state index in [1.165, 1.54) is 18.4 Å². The molecule has 0 spiro atoms. The first-order valence-electron chi connectivity index (χ1n) is 7.55. The van der Waals surface area contributed by atoms with Crippen molar-refractivity contribution < 1.29 is 4.74 Å². The maximum Gasteiger partial charge on any atom is 0.222 e. The lowest BCUT2D eigenvalue weighted by Crippen LogP contribution is -2.16. The molecule has 0 radical (unpaired) electrons. The number of rotatable bonds is 5. The molecular formula is C17H18N4O. The molecule has 2 aromatic heterocycles. The lowest BCUT2D eigenvalue weighted by Gasteiger charge is -2.07. The van der Waals surface area contributed by atoms with Crippen molar-refractivity contribution in [2.45, 2.75) is 25.4 Å². The molecule has 0 unspecified atom stereocenters. The van der Waals surface area contributed by atoms with Crippen LogP contribution in [0.3, 0.4) is 0 Å². The summed E-state index contributed by atoms with van der Waals surface area (Å²) < 4.78 is 7.96. The first kappa shape index (κ1) is 13.3. The fraction of sp³-hybridized carbons (Fsp3) is 0.294. The van der Waals surface area contributed by atoms with Crippen molar-refractivity contribution >= 4 is 10.9 Å². The van der Waals surface area contributed by atoms with Gasteiger partial charge in [-0.1, -0.05) is 0 Å². The minimum Gasteiger partial charge on any atom is -0.439 e. The molecule has 2 heterocycles. The van der Waals surface area contributed by atoms with Crippen LogP contribution in [-0.2, 0) is 13.6 Å². The molecule has 5 nitrogen and oxygen atoms in total. The molecule has 3 aromatic rings. The van der Waals surface area contributed by atoms with Gasteiger partial charge in [-0.25, -0.2) is 9.97 Å². The highest BCUT2D eigenvalue weighted by Crippen LogP contribution is 2.25. The Morgan fingerprint density at radius 2 is 2.14 bits per heavy atom. The smallest absolute Gasteiger partial charge is 0.222 e. The number of benzene rings is 1. The summed E-state index contributed by atoms with van der Waals surface area (Å²) in [6.07, 6.45) is 6.14. The van der Waals surface area contributed by atoms with Crippen LogP contribution >= 0.6 is 0 Å². The molecule has 0 atom stereocenters. The van der Waals surface area contributed by atoms with E-state index < -0.39 is 0 Å². The average molecular weight is 294 g/mol. The Kier molecular flexibility index (Phi) is 3.27. The highest BCUT2D eigenvalue weighted by Gasteiger charge is 2.20. The lowest BCUT2D eigenvalue weighted by atomic mass is 10.2. The van der Waals surface area contributed by atoms with Crippen molar-refractivity contribution in [1.29, 1.82) is 0 Å². The molecule has 0 amide bonds. The van der Waals surface area contributed by atoms with Crippen molar-refractivity contribution in [3.8, 4) is 11.6 Å². The van der Waals surface area contributed by atoms with Crippen LogP contribution in [0.5, 0.6) is 11.6 Å². The summed E-state index contributed by atoms with van der Waals surface area (Å²) in [4.78, 5) is 8.47. The molecule has 1 aliphatic rings. The zero-order valence-electron chi connectivity index (χ0n) is 12.5. The number of ether oxygens (including phenoxy) is 1. The zero-order chi connectivity index (χ0) is 14.9. The SMILES string of the molecule is Cn1ccc2cc(Oc3cc(CNC4CC4)ncn3)ccc21. The number of hydrogen-bond donors (Lipinski definition) is 1. The molecule has 1 N–H and O–H groups in total. The number of aryl methyl sites for hydroxylation is 1. The van der Waals surface area contributed by atoms with Crippen LogP contribution in [-0.4, -0.2) is 20.6 Å². The van der Waals surface area contributed by atoms with E-state index in [2.05, 4.69) is 32.0 Å². The molecule has 1 aliphatic carbocycles. The molecule has 0 aliphatic heterocycles. The third-order valence-electron chi connectivity index (χ3n) is 3.93. The molecule has 22 heavy (non-hydrogen) atoms. The number of fused-ring (bicyclic) bond motifs is 1. The van der Waals surface area contributed by atoms with E-state index in [4.69, 9.17) is 4.74 Å². The Morgan fingerprint density at radius 3 is 3.00 bits per heavy atom. The molecule has 0 saturated heterocycles. The van der Waals surface area contributed by atoms with Gasteiger partial charge in [-0.05, 0) is 37.1 Å². The molecule has 112 valence electrons. The van der Waals surface area contributed by atoms with Gasteiger partial charge in [-0.2, -0.15) is 0 Å². The minimum atomic E-state index is 0.581. The van der Waals surface area contributed by atoms with Crippen LogP contribution in [0.4, 0.5) is 0 Å². The molecule has 4 rings (SSSR count). The van der Waals surface area contributed by atoms with Crippen LogP contribution in [0.15, 0.2) is 42.9 Å². The summed E-state index contributed by atoms with van der Waals surface area (Å²) in [7, 11) is 2.03. The predicted molar refractivity (Wildman–Crippen MR) is 84.9 cm³/mol. The molecule has 1 saturated carbocycles. The number of hydrogen-bond acceptors (Lipinski definition) is 4. The van der Waals surface area contributed by atoms with Gasteiger partial charge in [0.15, 0.2) is 0 Å². The van der Waals surface area contributed by atoms with Gasteiger partial charge in [0.05, 0.1) is 5.69 Å². The van der Waals surface area contributed by atoms with Crippen molar-refractivity contribution in [3.63, 3.8) is 0 Å². The fourth-order valence-electron chi connectivity index (χ4n) is 2.51. The van der Waals surface area contributed by atoms with Crippen molar-refractivity contribution in [2.75, 3.05) is 0 Å². The van der Waals surface area contributed by atoms with E-state index >= 15 is 0 Å². The Morgan fingerprint density at radius 1 is 1.23 bits per heavy atom. The maximum absolute atomic E-state index is 5.87. The van der Waals surface area contributed by atoms with Crippen LogP contribution in [0.25, 0.3) is 10.9 Å². The second-order valence-corrected chi connectivity index (χ2v) is 5.75. The second-order valence-electron chi connectivity index (χ2n) is 5.75. The lowest BCUT2D eigenvalue weighted by molar-refractivity contribution is 0.460. The fourth-order valence-corrected chi connectivity index (χ4v) is 2.51. The highest BCUT2D eigenvalue weighted by molar-refractivity contribution is 5.81. The summed E-state index contributed by atoms with van der Waals surface area (Å²) in [6.45, 7) is 0.765. The van der Waals surface area contributed by atoms with E-state index in [-0.39, 0.29) is 0 Å². The quantitative estimate of drug-likeness (QED) is 0.786. The summed E-state index contributed by atoms with van der Waals surface area (Å²) in [5.41, 5.74) is 2.14. The second kappa shape index (κ2) is 5.42. The average Bonchev–Trinajstić information content (AvgIpc) is 3.29. The predicted octanol–water partition coefficient (Wildman–Crippen LogP) is 3.01. The van der Waals surface area contributed by atoms with Gasteiger partial charge in [-0.3, -0.25) is 0 Å². The van der Waals surface area contributed by atoms with E-state index in [1.54, 1.807) is 6.33 Å². The summed E-state index contributed by atoms with van der Waals surface area (Å²) >= 11 is 0. The van der Waals surface area contributed by atoms with Gasteiger partial charge in [0.1, 0.15) is 12.1 Å². The van der Waals surface area contributed by atoms with Crippen molar-refractivity contribution in [1.82, 2.24) is 19.9 Å². The van der Waals surface area contributed by atoms with Gasteiger partial charge in [0, 0.05) is 42.8 Å². The van der Waals surface area contributed by atoms with Crippen LogP contribution in [0.1, 0.15) is 18.5 Å². The first-order valence-corrected chi connectivity index (χ1v) is 7.55. The maximum atomic E-state index is 5.87. The van der Waals surface area contributed by atoms with Gasteiger partial charge in [0.2, 0.25) is 5.88 Å². The van der Waals surface area contributed by atoms with Crippen LogP contribution in [0.2, 0.25) is 0 Å². The number of nitrogens with one attached hydrogen (secondary N) is 1. The molecule has 1 fully saturated rings. The number of aromatic nitrogens is 3. The summed E-state index contributed by atoms with van der Waals surface area (Å²) in [5.74, 6) is 1.37. The number of nitrogens with zero attached hydrogens (tertiary/aromatic N) is 3. The van der Waals surface area contributed by atoms with Crippen molar-refractivity contribution in [3.05, 3.63) is 48.5 Å². The van der Waals surface area contributed by atoms with Gasteiger partial charge < -0.3 is 14.6 Å². The van der Waals surface area contributed by atoms with E-state index in [0.29, 0.717) is 11.9 Å². The molecule has 1 aromatic carbocycles. The van der Waals surface area contributed by atoms with Crippen LogP contribution in [0, 0.1) is 0 Å². The van der Waals surface area contributed by atoms with Crippen LogP contribution < -0.4 is 10.1 Å². The highest BCUT2D eigenvalue weighted by atomic mass is 16.5. The van der Waals surface area contributed by atoms with E-state index in [0.717, 1.165) is 23.4 Å². The van der Waals surface area contributed by atoms with E-state index in [9.17, 15) is 0 Å². The normalized spacial score (nSPS) is 14.4. The standard InChI is InChI=1S/C17H18N4O/c1-21-7-6-12-8-15(4-5-16(12)21)22-17-9-14(19-11-20-17)10-18-13-2-3-13/h4-9,11,13,18H,2-3,10H2,1H3. The third-order valence-corrected chi connectivity index (χ3v) is 3.93. The Hall–Kier alpha value is -2.40. The Labute approximate surface area is 129 Å². The summed E-state index contributed by atoms with van der Waals surface area (Å²) in [5, 5.41) is 4.60. The van der Waals surface area contributed by atoms with Gasteiger partial charge in [-0.15, -0.1) is 0 Å². The van der Waals surface area contributed by atoms with Gasteiger partial charge in [0.25, 0.3) is 0 Å². The topological polar surface area (TPSA) is 52.0 Å². The Bertz CT molecular complexity index is 807. The van der Waals surface area contributed by atoms with Gasteiger partial charge >= 0.3 is 0 Å². The third kappa shape index (κ3) is 2.80. The molecular weight excluding hydrogens is 276 g/mol.